The highest BCUT2D eigenvalue weighted by atomic mass is 32.1. The zero-order chi connectivity index (χ0) is 10.3. The van der Waals surface area contributed by atoms with Gasteiger partial charge in [-0.15, -0.1) is 0 Å². The molecule has 0 aromatic carbocycles. The van der Waals surface area contributed by atoms with Crippen molar-refractivity contribution in [2.75, 3.05) is 13.4 Å². The van der Waals surface area contributed by atoms with Gasteiger partial charge in [0.1, 0.15) is 0 Å². The lowest BCUT2D eigenvalue weighted by Gasteiger charge is -2.02. The second-order valence-corrected chi connectivity index (χ2v) is 1.96. The third-order valence-corrected chi connectivity index (χ3v) is 1.27. The number of hydrogen-bond acceptors (Lipinski definition) is 4. The molecule has 0 unspecified atom stereocenters. The van der Waals surface area contributed by atoms with E-state index in [1.165, 1.54) is 19.2 Å². The van der Waals surface area contributed by atoms with Gasteiger partial charge in [-0.25, -0.2) is 0 Å². The Balaban J connectivity index is 0.000000671. The lowest BCUT2D eigenvalue weighted by Crippen LogP contribution is -1.96. The number of aliphatic hydroxyl groups is 1. The van der Waals surface area contributed by atoms with Crippen LogP contribution in [-0.4, -0.2) is 23.5 Å². The van der Waals surface area contributed by atoms with E-state index >= 15 is 0 Å². The summed E-state index contributed by atoms with van der Waals surface area (Å²) in [6.45, 7) is -0.198. The van der Waals surface area contributed by atoms with Crippen LogP contribution in [0.4, 0.5) is 4.39 Å². The Morgan fingerprint density at radius 1 is 1.54 bits per heavy atom. The first-order chi connectivity index (χ1) is 6.27. The number of hydrogen-bond donors (Lipinski definition) is 2. The van der Waals surface area contributed by atoms with E-state index in [-0.39, 0.29) is 12.5 Å². The van der Waals surface area contributed by atoms with Crippen molar-refractivity contribution in [1.29, 1.82) is 0 Å². The van der Waals surface area contributed by atoms with Crippen LogP contribution in [0.5, 0.6) is 5.88 Å². The molecule has 1 rings (SSSR count). The number of nitrogens with zero attached hydrogens (tertiary/aromatic N) is 1. The molecule has 0 aliphatic heterocycles. The molecule has 74 valence electrons. The van der Waals surface area contributed by atoms with Gasteiger partial charge in [0, 0.05) is 5.56 Å². The number of aliphatic hydroxyl groups excluding tert-OH is 1. The van der Waals surface area contributed by atoms with E-state index in [0.29, 0.717) is 5.56 Å². The summed E-state index contributed by atoms with van der Waals surface area (Å²) < 4.78 is 17.1. The highest BCUT2D eigenvalue weighted by Gasteiger charge is 2.03. The molecule has 0 aliphatic carbocycles. The lowest BCUT2D eigenvalue weighted by atomic mass is 10.3. The van der Waals surface area contributed by atoms with E-state index in [0.717, 1.165) is 0 Å². The van der Waals surface area contributed by atoms with Gasteiger partial charge in [0.25, 0.3) is 0 Å². The monoisotopic (exact) mass is 205 g/mol. The van der Waals surface area contributed by atoms with Crippen LogP contribution in [0.2, 0.25) is 0 Å². The second-order valence-electron chi connectivity index (χ2n) is 1.96. The van der Waals surface area contributed by atoms with Crippen molar-refractivity contribution in [2.24, 2.45) is 0 Å². The van der Waals surface area contributed by atoms with Crippen molar-refractivity contribution in [2.45, 2.75) is 6.61 Å². The molecular weight excluding hydrogens is 193 g/mol. The van der Waals surface area contributed by atoms with E-state index in [1.807, 2.05) is 0 Å². The van der Waals surface area contributed by atoms with Crippen molar-refractivity contribution in [3.63, 3.8) is 0 Å². The summed E-state index contributed by atoms with van der Waals surface area (Å²) in [6, 6.07) is 2.61. The van der Waals surface area contributed by atoms with Gasteiger partial charge in [0.15, 0.2) is 0 Å². The number of aromatic nitrogens is 1. The van der Waals surface area contributed by atoms with Crippen LogP contribution >= 0.6 is 12.6 Å². The third-order valence-electron chi connectivity index (χ3n) is 1.27. The minimum absolute atomic E-state index is 0.132. The Morgan fingerprint density at radius 2 is 2.15 bits per heavy atom. The van der Waals surface area contributed by atoms with Crippen molar-refractivity contribution in [3.8, 4) is 5.88 Å². The smallest absolute Gasteiger partial charge is 0.221 e. The van der Waals surface area contributed by atoms with Crippen LogP contribution in [0.1, 0.15) is 5.56 Å². The molecule has 0 aliphatic rings. The molecule has 13 heavy (non-hydrogen) atoms. The molecule has 0 spiro atoms. The predicted molar refractivity (Wildman–Crippen MR) is 51.6 cm³/mol. The number of ether oxygens (including phenoxy) is 1. The Kier molecular flexibility index (Phi) is 6.26. The summed E-state index contributed by atoms with van der Waals surface area (Å²) in [6.07, 6.45) is 1.69. The van der Waals surface area contributed by atoms with Gasteiger partial charge in [-0.2, -0.15) is 22.0 Å². The standard InChI is InChI=1S/C7H8FNO2.CH4S/c1-11-7-5(4-10)2-3-6(8)9-7;1-2/h2-3,10H,4H2,1H3;2H,1H3. The van der Waals surface area contributed by atoms with Crippen molar-refractivity contribution >= 4 is 12.6 Å². The molecule has 0 saturated heterocycles. The van der Waals surface area contributed by atoms with Gasteiger partial charge in [-0.05, 0) is 18.4 Å². The van der Waals surface area contributed by atoms with E-state index in [9.17, 15) is 4.39 Å². The normalized spacial score (nSPS) is 8.69. The molecule has 0 amide bonds. The molecule has 1 heterocycles. The second kappa shape index (κ2) is 6.68. The Bertz CT molecular complexity index is 258. The summed E-state index contributed by atoms with van der Waals surface area (Å²) in [5.74, 6) is -0.480. The first kappa shape index (κ1) is 12.2. The van der Waals surface area contributed by atoms with E-state index in [1.54, 1.807) is 6.26 Å². The number of thiol groups is 1. The number of halogens is 1. The van der Waals surface area contributed by atoms with Gasteiger partial charge >= 0.3 is 0 Å². The molecule has 0 bridgehead atoms. The summed E-state index contributed by atoms with van der Waals surface area (Å²) in [4.78, 5) is 3.41. The Hall–Kier alpha value is -0.810. The zero-order valence-electron chi connectivity index (χ0n) is 7.49. The first-order valence-electron chi connectivity index (χ1n) is 3.53. The highest BCUT2D eigenvalue weighted by Crippen LogP contribution is 2.14. The minimum atomic E-state index is -0.612. The van der Waals surface area contributed by atoms with Crippen LogP contribution in [0.3, 0.4) is 0 Å². The maximum Gasteiger partial charge on any atom is 0.221 e. The van der Waals surface area contributed by atoms with Gasteiger partial charge in [-0.1, -0.05) is 0 Å². The Morgan fingerprint density at radius 3 is 2.62 bits per heavy atom. The first-order valence-corrected chi connectivity index (χ1v) is 4.42. The highest BCUT2D eigenvalue weighted by molar-refractivity contribution is 7.79. The van der Waals surface area contributed by atoms with Gasteiger partial charge in [0.2, 0.25) is 11.8 Å². The average molecular weight is 205 g/mol. The average Bonchev–Trinajstić information content (AvgIpc) is 2.20. The van der Waals surface area contributed by atoms with Crippen LogP contribution in [0, 0.1) is 5.95 Å². The van der Waals surface area contributed by atoms with E-state index < -0.39 is 5.95 Å². The summed E-state index contributed by atoms with van der Waals surface area (Å²) in [5.41, 5.74) is 0.480. The summed E-state index contributed by atoms with van der Waals surface area (Å²) in [7, 11) is 1.38. The fourth-order valence-corrected chi connectivity index (χ4v) is 0.744. The van der Waals surface area contributed by atoms with E-state index in [2.05, 4.69) is 17.6 Å². The third kappa shape index (κ3) is 3.61. The van der Waals surface area contributed by atoms with Crippen LogP contribution in [0.15, 0.2) is 12.1 Å². The lowest BCUT2D eigenvalue weighted by molar-refractivity contribution is 0.270. The Labute approximate surface area is 82.0 Å². The number of pyridine rings is 1. The zero-order valence-corrected chi connectivity index (χ0v) is 8.38. The van der Waals surface area contributed by atoms with Crippen LogP contribution in [-0.2, 0) is 6.61 Å². The molecule has 0 atom stereocenters. The fourth-order valence-electron chi connectivity index (χ4n) is 0.744. The number of methoxy groups -OCH3 is 1. The molecular formula is C8H12FNO2S. The predicted octanol–water partition coefficient (Wildman–Crippen LogP) is 1.27. The maximum absolute atomic E-state index is 12.4. The van der Waals surface area contributed by atoms with E-state index in [4.69, 9.17) is 9.84 Å². The molecule has 1 aromatic rings. The quantitative estimate of drug-likeness (QED) is 0.564. The van der Waals surface area contributed by atoms with Gasteiger partial charge < -0.3 is 9.84 Å². The molecule has 5 heteroatoms. The fraction of sp³-hybridized carbons (Fsp3) is 0.375. The van der Waals surface area contributed by atoms with Crippen molar-refractivity contribution in [3.05, 3.63) is 23.6 Å². The van der Waals surface area contributed by atoms with Crippen LogP contribution in [0.25, 0.3) is 0 Å². The van der Waals surface area contributed by atoms with Crippen molar-refractivity contribution in [1.82, 2.24) is 4.98 Å². The SMILES string of the molecule is COc1nc(F)ccc1CO.CS. The molecule has 1 N–H and O–H groups in total. The molecule has 0 fully saturated rings. The number of rotatable bonds is 2. The molecule has 3 nitrogen and oxygen atoms in total. The molecule has 0 saturated carbocycles. The topological polar surface area (TPSA) is 42.4 Å². The minimum Gasteiger partial charge on any atom is -0.481 e. The molecule has 0 radical (unpaired) electrons. The largest absolute Gasteiger partial charge is 0.481 e. The molecule has 1 aromatic heterocycles. The van der Waals surface area contributed by atoms with Gasteiger partial charge in [-0.3, -0.25) is 0 Å². The van der Waals surface area contributed by atoms with Crippen molar-refractivity contribution < 1.29 is 14.2 Å². The summed E-state index contributed by atoms with van der Waals surface area (Å²) in [5, 5.41) is 8.70. The van der Waals surface area contributed by atoms with Gasteiger partial charge in [0.05, 0.1) is 13.7 Å². The summed E-state index contributed by atoms with van der Waals surface area (Å²) >= 11 is 3.53. The van der Waals surface area contributed by atoms with Crippen LogP contribution < -0.4 is 4.74 Å². The maximum atomic E-state index is 12.4.